The molecule has 160 valence electrons. The monoisotopic (exact) mass is 417 g/mol. The van der Waals surface area contributed by atoms with Crippen LogP contribution >= 0.6 is 0 Å². The van der Waals surface area contributed by atoms with Gasteiger partial charge in [0.2, 0.25) is 0 Å². The molecule has 1 atom stereocenters. The number of alkyl halides is 2. The minimum atomic E-state index is -2.66. The van der Waals surface area contributed by atoms with Crippen molar-refractivity contribution in [3.05, 3.63) is 30.1 Å². The Labute approximate surface area is 173 Å². The fourth-order valence-electron chi connectivity index (χ4n) is 4.42. The summed E-state index contributed by atoms with van der Waals surface area (Å²) in [5.74, 6) is -2.08. The molecular weight excluding hydrogens is 392 g/mol. The van der Waals surface area contributed by atoms with Gasteiger partial charge in [0.1, 0.15) is 11.9 Å². The molecule has 0 bridgehead atoms. The molecule has 1 aliphatic heterocycles. The Bertz CT molecular complexity index is 978. The van der Waals surface area contributed by atoms with Crippen LogP contribution in [0.1, 0.15) is 50.6 Å². The minimum Gasteiger partial charge on any atom is -0.489 e. The molecule has 1 aromatic carbocycles. The van der Waals surface area contributed by atoms with Gasteiger partial charge in [-0.2, -0.15) is 5.10 Å². The summed E-state index contributed by atoms with van der Waals surface area (Å²) in [5.41, 5.74) is 3.31. The average molecular weight is 417 g/mol. The highest BCUT2D eigenvalue weighted by atomic mass is 19.3. The molecule has 0 saturated heterocycles. The molecule has 5 rings (SSSR count). The first-order chi connectivity index (χ1) is 14.4. The molecule has 0 N–H and O–H groups in total. The Morgan fingerprint density at radius 3 is 2.67 bits per heavy atom. The lowest BCUT2D eigenvalue weighted by Crippen LogP contribution is -2.44. The summed E-state index contributed by atoms with van der Waals surface area (Å²) in [7, 11) is 1.36. The van der Waals surface area contributed by atoms with Gasteiger partial charge in [-0.3, -0.25) is 9.58 Å². The van der Waals surface area contributed by atoms with Crippen LogP contribution in [0.4, 0.5) is 19.3 Å². The number of rotatable bonds is 4. The van der Waals surface area contributed by atoms with Gasteiger partial charge in [0.15, 0.2) is 0 Å². The summed E-state index contributed by atoms with van der Waals surface area (Å²) >= 11 is 0. The topological polar surface area (TPSA) is 56.6 Å². The van der Waals surface area contributed by atoms with Crippen molar-refractivity contribution >= 4 is 11.8 Å². The van der Waals surface area contributed by atoms with Crippen molar-refractivity contribution < 1.29 is 23.0 Å². The maximum absolute atomic E-state index is 13.5. The maximum Gasteiger partial charge on any atom is 0.414 e. The van der Waals surface area contributed by atoms with E-state index in [9.17, 15) is 13.6 Å². The number of carbonyl (C=O) groups excluding carboxylic acids is 1. The van der Waals surface area contributed by atoms with Crippen LogP contribution in [0.2, 0.25) is 0 Å². The van der Waals surface area contributed by atoms with Gasteiger partial charge in [-0.1, -0.05) is 0 Å². The second kappa shape index (κ2) is 6.96. The predicted octanol–water partition coefficient (Wildman–Crippen LogP) is 4.97. The van der Waals surface area contributed by atoms with Crippen LogP contribution < -0.4 is 9.64 Å². The average Bonchev–Trinajstić information content (AvgIpc) is 3.43. The molecule has 0 radical (unpaired) electrons. The number of fused-ring (bicyclic) bond motifs is 1. The Hall–Kier alpha value is -2.64. The molecule has 0 unspecified atom stereocenters. The summed E-state index contributed by atoms with van der Waals surface area (Å²) in [6.07, 6.45) is 5.95. The quantitative estimate of drug-likeness (QED) is 0.705. The van der Waals surface area contributed by atoms with Crippen LogP contribution in [0, 0.1) is 0 Å². The van der Waals surface area contributed by atoms with Gasteiger partial charge in [0, 0.05) is 41.8 Å². The number of nitrogens with zero attached hydrogens (tertiary/aromatic N) is 3. The lowest BCUT2D eigenvalue weighted by molar-refractivity contribution is -0.134. The zero-order valence-electron chi connectivity index (χ0n) is 17.1. The van der Waals surface area contributed by atoms with E-state index in [1.54, 1.807) is 11.1 Å². The molecule has 1 amide bonds. The first-order valence-corrected chi connectivity index (χ1v) is 10.5. The Morgan fingerprint density at radius 1 is 1.23 bits per heavy atom. The zero-order chi connectivity index (χ0) is 21.0. The van der Waals surface area contributed by atoms with Crippen LogP contribution in [0.15, 0.2) is 24.5 Å². The largest absolute Gasteiger partial charge is 0.489 e. The SMILES string of the molecule is COC(=O)N1c2ccc(-c3cnn(C4CC4)c3)c(OC3CC(F)(F)C3)c2CC[C@@H]1C. The minimum absolute atomic E-state index is 0.0192. The summed E-state index contributed by atoms with van der Waals surface area (Å²) in [6.45, 7) is 1.97. The van der Waals surface area contributed by atoms with Gasteiger partial charge >= 0.3 is 6.09 Å². The van der Waals surface area contributed by atoms with Gasteiger partial charge in [0.25, 0.3) is 5.92 Å². The molecule has 2 aliphatic carbocycles. The van der Waals surface area contributed by atoms with E-state index in [0.29, 0.717) is 18.2 Å². The van der Waals surface area contributed by atoms with Crippen molar-refractivity contribution in [3.8, 4) is 16.9 Å². The summed E-state index contributed by atoms with van der Waals surface area (Å²) in [6, 6.07) is 4.22. The number of ether oxygens (including phenoxy) is 2. The van der Waals surface area contributed by atoms with Crippen LogP contribution in [0.25, 0.3) is 11.1 Å². The highest BCUT2D eigenvalue weighted by molar-refractivity contribution is 5.92. The molecular formula is C22H25F2N3O3. The fourth-order valence-corrected chi connectivity index (χ4v) is 4.42. The van der Waals surface area contributed by atoms with E-state index >= 15 is 0 Å². The molecule has 6 nitrogen and oxygen atoms in total. The second-order valence-corrected chi connectivity index (χ2v) is 8.61. The smallest absolute Gasteiger partial charge is 0.414 e. The van der Waals surface area contributed by atoms with Crippen molar-refractivity contribution in [2.45, 2.75) is 69.6 Å². The molecule has 30 heavy (non-hydrogen) atoms. The van der Waals surface area contributed by atoms with E-state index in [1.165, 1.54) is 7.11 Å². The maximum atomic E-state index is 13.5. The lowest BCUT2D eigenvalue weighted by atomic mass is 9.89. The van der Waals surface area contributed by atoms with E-state index in [-0.39, 0.29) is 18.9 Å². The van der Waals surface area contributed by atoms with Crippen LogP contribution in [0.3, 0.4) is 0 Å². The number of methoxy groups -OCH3 is 1. The Kier molecular flexibility index (Phi) is 4.48. The summed E-state index contributed by atoms with van der Waals surface area (Å²) in [4.78, 5) is 14.0. The number of amides is 1. The van der Waals surface area contributed by atoms with E-state index in [1.807, 2.05) is 29.9 Å². The first-order valence-electron chi connectivity index (χ1n) is 10.5. The molecule has 0 spiro atoms. The van der Waals surface area contributed by atoms with Crippen LogP contribution in [-0.2, 0) is 11.2 Å². The zero-order valence-corrected chi connectivity index (χ0v) is 17.1. The number of anilines is 1. The van der Waals surface area contributed by atoms with Gasteiger partial charge < -0.3 is 9.47 Å². The molecule has 3 aliphatic rings. The molecule has 2 fully saturated rings. The van der Waals surface area contributed by atoms with Gasteiger partial charge in [-0.15, -0.1) is 0 Å². The Balaban J connectivity index is 1.57. The van der Waals surface area contributed by atoms with Gasteiger partial charge in [0.05, 0.1) is 25.0 Å². The number of aromatic nitrogens is 2. The normalized spacial score (nSPS) is 22.9. The third-order valence-electron chi connectivity index (χ3n) is 6.29. The summed E-state index contributed by atoms with van der Waals surface area (Å²) in [5, 5.41) is 4.47. The van der Waals surface area contributed by atoms with Crippen LogP contribution in [0.5, 0.6) is 5.75 Å². The predicted molar refractivity (Wildman–Crippen MR) is 107 cm³/mol. The van der Waals surface area contributed by atoms with Crippen molar-refractivity contribution in [2.75, 3.05) is 12.0 Å². The number of hydrogen-bond acceptors (Lipinski definition) is 4. The lowest BCUT2D eigenvalue weighted by Gasteiger charge is -2.38. The van der Waals surface area contributed by atoms with Crippen molar-refractivity contribution in [1.82, 2.24) is 9.78 Å². The summed E-state index contributed by atoms with van der Waals surface area (Å²) < 4.78 is 40.0. The van der Waals surface area contributed by atoms with E-state index < -0.39 is 18.1 Å². The van der Waals surface area contributed by atoms with Crippen molar-refractivity contribution in [2.24, 2.45) is 0 Å². The van der Waals surface area contributed by atoms with E-state index in [0.717, 1.165) is 41.6 Å². The number of halogens is 2. The van der Waals surface area contributed by atoms with Gasteiger partial charge in [-0.25, -0.2) is 13.6 Å². The molecule has 2 saturated carbocycles. The molecule has 8 heteroatoms. The highest BCUT2D eigenvalue weighted by Crippen LogP contribution is 2.47. The number of benzene rings is 1. The number of carbonyl (C=O) groups is 1. The number of hydrogen-bond donors (Lipinski definition) is 0. The fraction of sp³-hybridized carbons (Fsp3) is 0.545. The van der Waals surface area contributed by atoms with Gasteiger partial charge in [-0.05, 0) is 44.7 Å². The third kappa shape index (κ3) is 3.32. The Morgan fingerprint density at radius 2 is 2.00 bits per heavy atom. The first kappa shape index (κ1) is 19.3. The molecule has 2 aromatic rings. The van der Waals surface area contributed by atoms with E-state index in [4.69, 9.17) is 9.47 Å². The van der Waals surface area contributed by atoms with Crippen molar-refractivity contribution in [3.63, 3.8) is 0 Å². The standard InChI is InChI=1S/C22H25F2N3O3/c1-13-3-6-18-19(27(13)21(28)29-2)8-7-17(14-11-25-26(12-14)15-4-5-15)20(18)30-16-9-22(23,24)10-16/h7-8,11-13,15-16H,3-6,9-10H2,1-2H3/t13-/m0/s1. The van der Waals surface area contributed by atoms with E-state index in [2.05, 4.69) is 5.10 Å². The third-order valence-corrected chi connectivity index (χ3v) is 6.29. The van der Waals surface area contributed by atoms with Crippen molar-refractivity contribution in [1.29, 1.82) is 0 Å². The highest BCUT2D eigenvalue weighted by Gasteiger charge is 2.47. The van der Waals surface area contributed by atoms with Crippen LogP contribution in [-0.4, -0.2) is 41.1 Å². The molecule has 2 heterocycles. The molecule has 1 aromatic heterocycles. The second-order valence-electron chi connectivity index (χ2n) is 8.61.